The molecule has 0 bridgehead atoms. The van der Waals surface area contributed by atoms with Crippen molar-refractivity contribution in [3.05, 3.63) is 42.9 Å². The number of nitrogens with one attached hydrogen (secondary N) is 1. The highest BCUT2D eigenvalue weighted by atomic mass is 16.5. The summed E-state index contributed by atoms with van der Waals surface area (Å²) >= 11 is 0. The Morgan fingerprint density at radius 2 is 1.95 bits per heavy atom. The molecule has 1 aromatic carbocycles. The van der Waals surface area contributed by atoms with Crippen LogP contribution in [0.2, 0.25) is 0 Å². The van der Waals surface area contributed by atoms with Gasteiger partial charge in [0.15, 0.2) is 0 Å². The summed E-state index contributed by atoms with van der Waals surface area (Å²) < 4.78 is 13.1. The van der Waals surface area contributed by atoms with Crippen molar-refractivity contribution in [2.75, 3.05) is 19.0 Å². The molecule has 2 heterocycles. The fourth-order valence-electron chi connectivity index (χ4n) is 1.97. The third-order valence-electron chi connectivity index (χ3n) is 2.95. The number of nitrogens with zero attached hydrogens (tertiary/aromatic N) is 3. The first-order valence-electron chi connectivity index (χ1n) is 6.72. The van der Waals surface area contributed by atoms with Crippen LogP contribution in [0.3, 0.4) is 0 Å². The highest BCUT2D eigenvalue weighted by Gasteiger charge is 2.09. The molecular weight excluding hydrogens is 268 g/mol. The van der Waals surface area contributed by atoms with Crippen molar-refractivity contribution in [3.63, 3.8) is 0 Å². The maximum absolute atomic E-state index is 5.84. The van der Waals surface area contributed by atoms with E-state index in [-0.39, 0.29) is 0 Å². The van der Waals surface area contributed by atoms with Crippen LogP contribution in [0.5, 0.6) is 17.4 Å². The molecule has 21 heavy (non-hydrogen) atoms. The van der Waals surface area contributed by atoms with Crippen molar-refractivity contribution in [2.24, 2.45) is 0 Å². The van der Waals surface area contributed by atoms with Crippen LogP contribution in [0.4, 0.5) is 5.82 Å². The molecule has 0 atom stereocenters. The van der Waals surface area contributed by atoms with Crippen molar-refractivity contribution in [2.45, 2.75) is 6.92 Å². The Bertz CT molecular complexity index is 737. The molecule has 0 aliphatic carbocycles. The average Bonchev–Trinajstić information content (AvgIpc) is 2.98. The molecule has 0 aliphatic rings. The SMILES string of the molecule is CCOc1ccc(Oc2nc(NC)cn3ccnc23)cc1. The van der Waals surface area contributed by atoms with Crippen LogP contribution in [0.25, 0.3) is 5.65 Å². The van der Waals surface area contributed by atoms with Crippen LogP contribution in [-0.4, -0.2) is 28.0 Å². The molecule has 0 aliphatic heterocycles. The van der Waals surface area contributed by atoms with Gasteiger partial charge in [0.25, 0.3) is 5.88 Å². The zero-order valence-electron chi connectivity index (χ0n) is 11.9. The molecule has 1 N–H and O–H groups in total. The first kappa shape index (κ1) is 13.2. The van der Waals surface area contributed by atoms with Crippen molar-refractivity contribution >= 4 is 11.5 Å². The predicted molar refractivity (Wildman–Crippen MR) is 80.2 cm³/mol. The molecule has 0 amide bonds. The smallest absolute Gasteiger partial charge is 0.265 e. The molecule has 2 aromatic heterocycles. The maximum Gasteiger partial charge on any atom is 0.265 e. The van der Waals surface area contributed by atoms with Gasteiger partial charge in [0.1, 0.15) is 17.3 Å². The third kappa shape index (κ3) is 2.74. The van der Waals surface area contributed by atoms with E-state index in [0.717, 1.165) is 5.75 Å². The first-order valence-corrected chi connectivity index (χ1v) is 6.72. The lowest BCUT2D eigenvalue weighted by molar-refractivity contribution is 0.339. The number of anilines is 1. The number of rotatable bonds is 5. The van der Waals surface area contributed by atoms with Crippen molar-refractivity contribution in [1.82, 2.24) is 14.4 Å². The van der Waals surface area contributed by atoms with E-state index >= 15 is 0 Å². The van der Waals surface area contributed by atoms with E-state index in [1.165, 1.54) is 0 Å². The lowest BCUT2D eigenvalue weighted by Crippen LogP contribution is -1.99. The van der Waals surface area contributed by atoms with Gasteiger partial charge in [-0.1, -0.05) is 0 Å². The van der Waals surface area contributed by atoms with Crippen LogP contribution < -0.4 is 14.8 Å². The van der Waals surface area contributed by atoms with Gasteiger partial charge in [0.05, 0.1) is 12.8 Å². The number of ether oxygens (including phenoxy) is 2. The summed E-state index contributed by atoms with van der Waals surface area (Å²) in [5.74, 6) is 2.66. The maximum atomic E-state index is 5.84. The van der Waals surface area contributed by atoms with Crippen molar-refractivity contribution in [3.8, 4) is 17.4 Å². The Hall–Kier alpha value is -2.76. The molecule has 0 fully saturated rings. The Kier molecular flexibility index (Phi) is 3.59. The molecule has 0 spiro atoms. The quantitative estimate of drug-likeness (QED) is 0.780. The molecule has 6 nitrogen and oxygen atoms in total. The fraction of sp³-hybridized carbons (Fsp3) is 0.200. The second kappa shape index (κ2) is 5.70. The summed E-state index contributed by atoms with van der Waals surface area (Å²) in [6.45, 7) is 2.59. The molecule has 0 saturated carbocycles. The standard InChI is InChI=1S/C15H16N4O2/c1-3-20-11-4-6-12(7-5-11)21-15-14-17-8-9-19(14)10-13(16-2)18-15/h4-10,16H,3H2,1-2H3. The second-order valence-corrected chi connectivity index (χ2v) is 4.35. The van der Waals surface area contributed by atoms with Gasteiger partial charge in [-0.25, -0.2) is 4.98 Å². The summed E-state index contributed by atoms with van der Waals surface area (Å²) in [5, 5.41) is 3.00. The topological polar surface area (TPSA) is 60.7 Å². The number of aromatic nitrogens is 3. The van der Waals surface area contributed by atoms with Crippen LogP contribution in [0.15, 0.2) is 42.9 Å². The van der Waals surface area contributed by atoms with Gasteiger partial charge >= 0.3 is 0 Å². The summed E-state index contributed by atoms with van der Waals surface area (Å²) in [7, 11) is 1.81. The van der Waals surface area contributed by atoms with E-state index in [2.05, 4.69) is 15.3 Å². The molecule has 3 aromatic rings. The molecule has 6 heteroatoms. The minimum Gasteiger partial charge on any atom is -0.494 e. The minimum atomic E-state index is 0.455. The Morgan fingerprint density at radius 3 is 2.67 bits per heavy atom. The second-order valence-electron chi connectivity index (χ2n) is 4.35. The largest absolute Gasteiger partial charge is 0.494 e. The number of hydrogen-bond acceptors (Lipinski definition) is 5. The summed E-state index contributed by atoms with van der Waals surface area (Å²) in [5.41, 5.74) is 0.669. The van der Waals surface area contributed by atoms with Crippen molar-refractivity contribution < 1.29 is 9.47 Å². The summed E-state index contributed by atoms with van der Waals surface area (Å²) in [4.78, 5) is 8.66. The highest BCUT2D eigenvalue weighted by Crippen LogP contribution is 2.26. The number of imidazole rings is 1. The Labute approximate surface area is 122 Å². The molecule has 108 valence electrons. The van der Waals surface area contributed by atoms with Crippen LogP contribution in [0.1, 0.15) is 6.92 Å². The number of hydrogen-bond donors (Lipinski definition) is 1. The molecular formula is C15H16N4O2. The Morgan fingerprint density at radius 1 is 1.19 bits per heavy atom. The minimum absolute atomic E-state index is 0.455. The number of fused-ring (bicyclic) bond motifs is 1. The summed E-state index contributed by atoms with van der Waals surface area (Å²) in [6.07, 6.45) is 5.41. The normalized spacial score (nSPS) is 10.6. The zero-order chi connectivity index (χ0) is 14.7. The predicted octanol–water partition coefficient (Wildman–Crippen LogP) is 2.96. The van der Waals surface area contributed by atoms with Gasteiger partial charge in [0.2, 0.25) is 5.65 Å². The van der Waals surface area contributed by atoms with Gasteiger partial charge in [-0.05, 0) is 31.2 Å². The van der Waals surface area contributed by atoms with Gasteiger partial charge in [-0.3, -0.25) is 4.40 Å². The monoisotopic (exact) mass is 284 g/mol. The van der Waals surface area contributed by atoms with Crippen LogP contribution in [-0.2, 0) is 0 Å². The third-order valence-corrected chi connectivity index (χ3v) is 2.95. The molecule has 0 unspecified atom stereocenters. The van der Waals surface area contributed by atoms with Gasteiger partial charge in [0, 0.05) is 19.4 Å². The highest BCUT2D eigenvalue weighted by molar-refractivity contribution is 5.55. The van der Waals surface area contributed by atoms with E-state index in [0.29, 0.717) is 29.7 Å². The van der Waals surface area contributed by atoms with Gasteiger partial charge in [-0.2, -0.15) is 4.98 Å². The van der Waals surface area contributed by atoms with E-state index in [9.17, 15) is 0 Å². The average molecular weight is 284 g/mol. The fourth-order valence-corrected chi connectivity index (χ4v) is 1.97. The number of benzene rings is 1. The first-order chi connectivity index (χ1) is 10.3. The van der Waals surface area contributed by atoms with E-state index < -0.39 is 0 Å². The summed E-state index contributed by atoms with van der Waals surface area (Å²) in [6, 6.07) is 7.42. The van der Waals surface area contributed by atoms with Crippen LogP contribution >= 0.6 is 0 Å². The molecule has 0 saturated heterocycles. The van der Waals surface area contributed by atoms with Crippen molar-refractivity contribution in [1.29, 1.82) is 0 Å². The Balaban J connectivity index is 1.91. The van der Waals surface area contributed by atoms with E-state index in [1.807, 2.05) is 55.0 Å². The molecule has 0 radical (unpaired) electrons. The van der Waals surface area contributed by atoms with E-state index in [1.54, 1.807) is 6.20 Å². The van der Waals surface area contributed by atoms with Gasteiger partial charge in [-0.15, -0.1) is 0 Å². The van der Waals surface area contributed by atoms with E-state index in [4.69, 9.17) is 9.47 Å². The lowest BCUT2D eigenvalue weighted by Gasteiger charge is -2.09. The van der Waals surface area contributed by atoms with Crippen LogP contribution in [0, 0.1) is 0 Å². The zero-order valence-corrected chi connectivity index (χ0v) is 11.9. The van der Waals surface area contributed by atoms with Gasteiger partial charge < -0.3 is 14.8 Å². The molecule has 3 rings (SSSR count). The lowest BCUT2D eigenvalue weighted by atomic mass is 10.3.